The van der Waals surface area contributed by atoms with Crippen LogP contribution in [0.25, 0.3) is 11.0 Å². The van der Waals surface area contributed by atoms with E-state index in [1.165, 1.54) is 11.1 Å². The van der Waals surface area contributed by atoms with E-state index in [0.29, 0.717) is 5.62 Å². The predicted octanol–water partition coefficient (Wildman–Crippen LogP) is 3.07. The van der Waals surface area contributed by atoms with Gasteiger partial charge in [0.25, 0.3) is 0 Å². The van der Waals surface area contributed by atoms with E-state index in [0.717, 1.165) is 24.0 Å². The first-order valence-electron chi connectivity index (χ1n) is 6.97. The van der Waals surface area contributed by atoms with Gasteiger partial charge in [0.05, 0.1) is 17.6 Å². The maximum absolute atomic E-state index is 8.28. The summed E-state index contributed by atoms with van der Waals surface area (Å²) in [5.41, 5.74) is 5.33. The zero-order chi connectivity index (χ0) is 14.1. The first kappa shape index (κ1) is 12.7. The first-order chi connectivity index (χ1) is 9.70. The molecule has 0 saturated heterocycles. The molecule has 0 unspecified atom stereocenters. The van der Waals surface area contributed by atoms with E-state index >= 15 is 0 Å². The molecule has 2 aromatic carbocycles. The highest BCUT2D eigenvalue weighted by Gasteiger charge is 2.07. The summed E-state index contributed by atoms with van der Waals surface area (Å²) in [4.78, 5) is 0. The molecule has 3 rings (SSSR count). The SMILES string of the molecule is CCc1ccc(Cn2c(=N)n(C)c3ccccc32)cc1. The summed E-state index contributed by atoms with van der Waals surface area (Å²) in [6.07, 6.45) is 1.06. The van der Waals surface area contributed by atoms with Gasteiger partial charge in [0.2, 0.25) is 5.62 Å². The number of benzene rings is 2. The van der Waals surface area contributed by atoms with Crippen LogP contribution in [0.5, 0.6) is 0 Å². The summed E-state index contributed by atoms with van der Waals surface area (Å²) in [5.74, 6) is 0. The van der Waals surface area contributed by atoms with Gasteiger partial charge in [-0.15, -0.1) is 0 Å². The molecule has 0 radical (unpaired) electrons. The lowest BCUT2D eigenvalue weighted by Crippen LogP contribution is -2.23. The van der Waals surface area contributed by atoms with E-state index in [1.807, 2.05) is 23.7 Å². The van der Waals surface area contributed by atoms with Crippen molar-refractivity contribution >= 4 is 11.0 Å². The number of fused-ring (bicyclic) bond motifs is 1. The molecule has 0 saturated carbocycles. The van der Waals surface area contributed by atoms with Crippen molar-refractivity contribution in [2.24, 2.45) is 7.05 Å². The molecule has 0 spiro atoms. The van der Waals surface area contributed by atoms with Gasteiger partial charge in [0.1, 0.15) is 0 Å². The Morgan fingerprint density at radius 2 is 1.50 bits per heavy atom. The molecule has 1 aromatic heterocycles. The molecule has 20 heavy (non-hydrogen) atoms. The zero-order valence-electron chi connectivity index (χ0n) is 11.9. The topological polar surface area (TPSA) is 33.7 Å². The second-order valence-corrected chi connectivity index (χ2v) is 5.13. The monoisotopic (exact) mass is 265 g/mol. The molecule has 0 bridgehead atoms. The van der Waals surface area contributed by atoms with E-state index in [2.05, 4.69) is 47.9 Å². The summed E-state index contributed by atoms with van der Waals surface area (Å²) in [7, 11) is 1.95. The lowest BCUT2D eigenvalue weighted by atomic mass is 10.1. The maximum Gasteiger partial charge on any atom is 0.203 e. The van der Waals surface area contributed by atoms with Crippen LogP contribution in [0.3, 0.4) is 0 Å². The fourth-order valence-electron chi connectivity index (χ4n) is 2.61. The van der Waals surface area contributed by atoms with Gasteiger partial charge in [-0.1, -0.05) is 43.3 Å². The Bertz CT molecular complexity index is 791. The number of hydrogen-bond acceptors (Lipinski definition) is 1. The van der Waals surface area contributed by atoms with Crippen molar-refractivity contribution in [3.8, 4) is 0 Å². The highest BCUT2D eigenvalue weighted by molar-refractivity contribution is 5.75. The molecule has 3 aromatic rings. The highest BCUT2D eigenvalue weighted by Crippen LogP contribution is 2.14. The van der Waals surface area contributed by atoms with Crippen molar-refractivity contribution in [1.82, 2.24) is 9.13 Å². The van der Waals surface area contributed by atoms with E-state index in [-0.39, 0.29) is 0 Å². The molecule has 0 aliphatic heterocycles. The summed E-state index contributed by atoms with van der Waals surface area (Å²) < 4.78 is 3.98. The number of nitrogens with zero attached hydrogens (tertiary/aromatic N) is 2. The molecule has 0 fully saturated rings. The van der Waals surface area contributed by atoms with Crippen LogP contribution in [0.2, 0.25) is 0 Å². The molecule has 0 atom stereocenters. The number of nitrogens with one attached hydrogen (secondary N) is 1. The molecule has 1 heterocycles. The minimum atomic E-state index is 0.533. The Morgan fingerprint density at radius 1 is 0.900 bits per heavy atom. The van der Waals surface area contributed by atoms with Crippen LogP contribution in [0.15, 0.2) is 48.5 Å². The molecule has 3 nitrogen and oxygen atoms in total. The van der Waals surface area contributed by atoms with Gasteiger partial charge in [-0.05, 0) is 29.7 Å². The fraction of sp³-hybridized carbons (Fsp3) is 0.235. The summed E-state index contributed by atoms with van der Waals surface area (Å²) in [5, 5.41) is 8.28. The standard InChI is InChI=1S/C17H19N3/c1-3-13-8-10-14(11-9-13)12-20-16-7-5-4-6-15(16)19(2)17(20)18/h4-11,18H,3,12H2,1-2H3. The molecular formula is C17H19N3. The Balaban J connectivity index is 2.06. The first-order valence-corrected chi connectivity index (χ1v) is 6.97. The van der Waals surface area contributed by atoms with Crippen molar-refractivity contribution in [3.63, 3.8) is 0 Å². The van der Waals surface area contributed by atoms with Crippen molar-refractivity contribution in [3.05, 3.63) is 65.3 Å². The maximum atomic E-state index is 8.28. The Morgan fingerprint density at radius 3 is 2.15 bits per heavy atom. The van der Waals surface area contributed by atoms with Gasteiger partial charge in [0, 0.05) is 7.05 Å². The zero-order valence-corrected chi connectivity index (χ0v) is 11.9. The summed E-state index contributed by atoms with van der Waals surface area (Å²) in [6, 6.07) is 16.8. The van der Waals surface area contributed by atoms with Gasteiger partial charge in [-0.2, -0.15) is 0 Å². The average Bonchev–Trinajstić information content (AvgIpc) is 2.74. The lowest BCUT2D eigenvalue weighted by molar-refractivity contribution is 0.695. The quantitative estimate of drug-likeness (QED) is 0.755. The van der Waals surface area contributed by atoms with Crippen LogP contribution in [0.4, 0.5) is 0 Å². The van der Waals surface area contributed by atoms with Crippen molar-refractivity contribution in [2.45, 2.75) is 19.9 Å². The average molecular weight is 265 g/mol. The molecule has 102 valence electrons. The third-order valence-electron chi connectivity index (χ3n) is 3.88. The van der Waals surface area contributed by atoms with Crippen LogP contribution < -0.4 is 5.62 Å². The van der Waals surface area contributed by atoms with Crippen LogP contribution in [-0.4, -0.2) is 9.13 Å². The Kier molecular flexibility index (Phi) is 3.18. The number of aryl methyl sites for hydroxylation is 2. The summed E-state index contributed by atoms with van der Waals surface area (Å²) >= 11 is 0. The molecular weight excluding hydrogens is 246 g/mol. The van der Waals surface area contributed by atoms with E-state index in [9.17, 15) is 0 Å². The molecule has 0 amide bonds. The van der Waals surface area contributed by atoms with Gasteiger partial charge in [-0.3, -0.25) is 5.41 Å². The normalized spacial score (nSPS) is 11.1. The third kappa shape index (κ3) is 2.05. The van der Waals surface area contributed by atoms with E-state index < -0.39 is 0 Å². The Labute approximate surface area is 118 Å². The largest absolute Gasteiger partial charge is 0.313 e. The van der Waals surface area contributed by atoms with E-state index in [1.54, 1.807) is 0 Å². The molecule has 0 aliphatic carbocycles. The van der Waals surface area contributed by atoms with Gasteiger partial charge in [0.15, 0.2) is 0 Å². The smallest absolute Gasteiger partial charge is 0.203 e. The lowest BCUT2D eigenvalue weighted by Gasteiger charge is -2.06. The molecule has 0 aliphatic rings. The van der Waals surface area contributed by atoms with Crippen molar-refractivity contribution in [2.75, 3.05) is 0 Å². The van der Waals surface area contributed by atoms with Crippen LogP contribution in [0, 0.1) is 5.41 Å². The number of imidazole rings is 1. The number of rotatable bonds is 3. The Hall–Kier alpha value is -2.29. The predicted molar refractivity (Wildman–Crippen MR) is 81.7 cm³/mol. The van der Waals surface area contributed by atoms with Crippen LogP contribution >= 0.6 is 0 Å². The minimum absolute atomic E-state index is 0.533. The van der Waals surface area contributed by atoms with Gasteiger partial charge in [-0.25, -0.2) is 0 Å². The third-order valence-corrected chi connectivity index (χ3v) is 3.88. The second-order valence-electron chi connectivity index (χ2n) is 5.13. The van der Waals surface area contributed by atoms with Gasteiger partial charge < -0.3 is 9.13 Å². The number of aromatic nitrogens is 2. The minimum Gasteiger partial charge on any atom is -0.313 e. The van der Waals surface area contributed by atoms with Gasteiger partial charge >= 0.3 is 0 Å². The van der Waals surface area contributed by atoms with Crippen molar-refractivity contribution in [1.29, 1.82) is 5.41 Å². The fourth-order valence-corrected chi connectivity index (χ4v) is 2.61. The van der Waals surface area contributed by atoms with E-state index in [4.69, 9.17) is 5.41 Å². The molecule has 3 heteroatoms. The summed E-state index contributed by atoms with van der Waals surface area (Å²) in [6.45, 7) is 2.90. The number of hydrogen-bond donors (Lipinski definition) is 1. The second kappa shape index (κ2) is 5.00. The van der Waals surface area contributed by atoms with Crippen LogP contribution in [-0.2, 0) is 20.0 Å². The van der Waals surface area contributed by atoms with Crippen molar-refractivity contribution < 1.29 is 0 Å². The number of para-hydroxylation sites is 2. The highest BCUT2D eigenvalue weighted by atomic mass is 15.2. The van der Waals surface area contributed by atoms with Crippen LogP contribution in [0.1, 0.15) is 18.1 Å². The molecule has 1 N–H and O–H groups in total.